The van der Waals surface area contributed by atoms with E-state index in [0.717, 1.165) is 12.0 Å². The van der Waals surface area contributed by atoms with Crippen LogP contribution in [0.3, 0.4) is 0 Å². The molecule has 0 spiro atoms. The van der Waals surface area contributed by atoms with E-state index in [1.165, 1.54) is 0 Å². The Morgan fingerprint density at radius 3 is 2.67 bits per heavy atom. The third-order valence-electron chi connectivity index (χ3n) is 4.25. The van der Waals surface area contributed by atoms with Crippen molar-refractivity contribution in [2.24, 2.45) is 0 Å². The van der Waals surface area contributed by atoms with Gasteiger partial charge in [0.1, 0.15) is 0 Å². The number of rotatable bonds is 2. The third-order valence-corrected chi connectivity index (χ3v) is 4.50. The molecule has 3 nitrogen and oxygen atoms in total. The van der Waals surface area contributed by atoms with E-state index in [9.17, 15) is 13.6 Å². The first-order valence-electron chi connectivity index (χ1n) is 7.10. The van der Waals surface area contributed by atoms with Gasteiger partial charge in [0, 0.05) is 30.5 Å². The van der Waals surface area contributed by atoms with Crippen LogP contribution in [0.15, 0.2) is 24.3 Å². The van der Waals surface area contributed by atoms with Crippen LogP contribution < -0.4 is 5.32 Å². The lowest BCUT2D eigenvalue weighted by Crippen LogP contribution is -2.42. The van der Waals surface area contributed by atoms with Crippen molar-refractivity contribution >= 4 is 17.5 Å². The van der Waals surface area contributed by atoms with E-state index in [2.05, 4.69) is 5.32 Å². The summed E-state index contributed by atoms with van der Waals surface area (Å²) < 4.78 is 26.4. The Balaban J connectivity index is 1.62. The van der Waals surface area contributed by atoms with Crippen LogP contribution in [0.25, 0.3) is 0 Å². The fourth-order valence-electron chi connectivity index (χ4n) is 3.08. The first kappa shape index (κ1) is 14.7. The Morgan fingerprint density at radius 2 is 2.05 bits per heavy atom. The van der Waals surface area contributed by atoms with Gasteiger partial charge in [-0.15, -0.1) is 0 Å². The molecule has 2 fully saturated rings. The average Bonchev–Trinajstić information content (AvgIpc) is 3.05. The molecule has 2 saturated heterocycles. The summed E-state index contributed by atoms with van der Waals surface area (Å²) in [5.74, 6) is -2.72. The highest BCUT2D eigenvalue weighted by Gasteiger charge is 2.44. The maximum atomic E-state index is 13.2. The van der Waals surface area contributed by atoms with Crippen LogP contribution in [0, 0.1) is 0 Å². The second kappa shape index (κ2) is 5.54. The predicted octanol–water partition coefficient (Wildman–Crippen LogP) is 2.65. The lowest BCUT2D eigenvalue weighted by molar-refractivity contribution is -0.132. The normalized spacial score (nSPS) is 28.0. The molecule has 2 unspecified atom stereocenters. The van der Waals surface area contributed by atoms with Crippen LogP contribution >= 0.6 is 11.6 Å². The maximum absolute atomic E-state index is 13.2. The quantitative estimate of drug-likeness (QED) is 0.910. The number of likely N-dealkylation sites (tertiary alicyclic amines) is 1. The van der Waals surface area contributed by atoms with E-state index in [-0.39, 0.29) is 11.8 Å². The highest BCUT2D eigenvalue weighted by molar-refractivity contribution is 6.30. The molecule has 2 atom stereocenters. The van der Waals surface area contributed by atoms with Gasteiger partial charge in [-0.1, -0.05) is 23.7 Å². The average molecular weight is 315 g/mol. The number of carbonyl (C=O) groups excluding carboxylic acids is 1. The Bertz CT molecular complexity index is 535. The summed E-state index contributed by atoms with van der Waals surface area (Å²) >= 11 is 5.87. The van der Waals surface area contributed by atoms with Crippen molar-refractivity contribution in [1.82, 2.24) is 10.2 Å². The topological polar surface area (TPSA) is 32.3 Å². The highest BCUT2D eigenvalue weighted by atomic mass is 35.5. The molecule has 6 heteroatoms. The molecule has 0 saturated carbocycles. The molecule has 2 aliphatic rings. The second-order valence-electron chi connectivity index (χ2n) is 5.81. The first-order valence-corrected chi connectivity index (χ1v) is 7.48. The van der Waals surface area contributed by atoms with Gasteiger partial charge in [-0.25, -0.2) is 8.78 Å². The van der Waals surface area contributed by atoms with E-state index in [1.54, 1.807) is 4.90 Å². The zero-order valence-electron chi connectivity index (χ0n) is 11.5. The van der Waals surface area contributed by atoms with Gasteiger partial charge in [-0.05, 0) is 24.1 Å². The lowest BCUT2D eigenvalue weighted by Gasteiger charge is -2.20. The fraction of sp³-hybridized carbons (Fsp3) is 0.533. The number of carbonyl (C=O) groups is 1. The highest BCUT2D eigenvalue weighted by Crippen LogP contribution is 2.31. The molecule has 1 N–H and O–H groups in total. The van der Waals surface area contributed by atoms with Crippen molar-refractivity contribution < 1.29 is 13.6 Å². The van der Waals surface area contributed by atoms with Crippen molar-refractivity contribution in [3.63, 3.8) is 0 Å². The van der Waals surface area contributed by atoms with Gasteiger partial charge in [0.2, 0.25) is 5.91 Å². The summed E-state index contributed by atoms with van der Waals surface area (Å²) in [5.41, 5.74) is 1.14. The minimum absolute atomic E-state index is 0.205. The summed E-state index contributed by atoms with van der Waals surface area (Å²) in [6, 6.07) is 6.84. The standard InChI is InChI=1S/C15H17ClF2N2O/c16-12-3-1-10(2-4-12)11-5-6-20(8-11)14(21)13-7-15(17,18)9-19-13/h1-4,11,13,19H,5-9H2. The molecule has 0 bridgehead atoms. The Labute approximate surface area is 127 Å². The van der Waals surface area contributed by atoms with E-state index >= 15 is 0 Å². The minimum atomic E-state index is -2.77. The largest absolute Gasteiger partial charge is 0.341 e. The summed E-state index contributed by atoms with van der Waals surface area (Å²) in [5, 5.41) is 3.31. The molecule has 0 aliphatic carbocycles. The van der Waals surface area contributed by atoms with E-state index in [4.69, 9.17) is 11.6 Å². The van der Waals surface area contributed by atoms with E-state index in [0.29, 0.717) is 18.1 Å². The van der Waals surface area contributed by atoms with Crippen LogP contribution in [0.5, 0.6) is 0 Å². The number of alkyl halides is 2. The molecule has 114 valence electrons. The monoisotopic (exact) mass is 314 g/mol. The molecule has 2 aliphatic heterocycles. The van der Waals surface area contributed by atoms with Crippen LogP contribution in [-0.4, -0.2) is 42.4 Å². The van der Waals surface area contributed by atoms with Crippen LogP contribution in [0.2, 0.25) is 5.02 Å². The number of benzene rings is 1. The summed E-state index contributed by atoms with van der Waals surface area (Å²) in [6.45, 7) is 0.804. The smallest absolute Gasteiger partial charge is 0.262 e. The van der Waals surface area contributed by atoms with Gasteiger partial charge in [0.15, 0.2) is 0 Å². The van der Waals surface area contributed by atoms with Gasteiger partial charge in [0.25, 0.3) is 5.92 Å². The Kier molecular flexibility index (Phi) is 3.88. The molecule has 1 aromatic carbocycles. The van der Waals surface area contributed by atoms with Crippen molar-refractivity contribution in [2.75, 3.05) is 19.6 Å². The number of nitrogens with one attached hydrogen (secondary N) is 1. The van der Waals surface area contributed by atoms with E-state index in [1.807, 2.05) is 24.3 Å². The van der Waals surface area contributed by atoms with Crippen molar-refractivity contribution in [1.29, 1.82) is 0 Å². The van der Waals surface area contributed by atoms with E-state index < -0.39 is 24.9 Å². The van der Waals surface area contributed by atoms with Crippen LogP contribution in [0.1, 0.15) is 24.3 Å². The van der Waals surface area contributed by atoms with Gasteiger partial charge >= 0.3 is 0 Å². The number of halogens is 3. The van der Waals surface area contributed by atoms with Crippen molar-refractivity contribution in [3.8, 4) is 0 Å². The predicted molar refractivity (Wildman–Crippen MR) is 76.7 cm³/mol. The first-order chi connectivity index (χ1) is 9.94. The number of amides is 1. The summed E-state index contributed by atoms with van der Waals surface area (Å²) in [4.78, 5) is 14.0. The number of hydrogen-bond acceptors (Lipinski definition) is 2. The summed E-state index contributed by atoms with van der Waals surface area (Å²) in [6.07, 6.45) is 0.463. The van der Waals surface area contributed by atoms with Gasteiger partial charge in [-0.2, -0.15) is 0 Å². The Hall–Kier alpha value is -1.20. The Morgan fingerprint density at radius 1 is 1.33 bits per heavy atom. The molecule has 0 aromatic heterocycles. The number of nitrogens with zero attached hydrogens (tertiary/aromatic N) is 1. The van der Waals surface area contributed by atoms with Crippen LogP contribution in [0.4, 0.5) is 8.78 Å². The fourth-order valence-corrected chi connectivity index (χ4v) is 3.20. The van der Waals surface area contributed by atoms with Crippen LogP contribution in [-0.2, 0) is 4.79 Å². The third kappa shape index (κ3) is 3.19. The van der Waals surface area contributed by atoms with Gasteiger partial charge in [0.05, 0.1) is 12.6 Å². The molecule has 3 rings (SSSR count). The molecular formula is C15H17ClF2N2O. The SMILES string of the molecule is O=C(C1CC(F)(F)CN1)N1CCC(c2ccc(Cl)cc2)C1. The number of hydrogen-bond donors (Lipinski definition) is 1. The van der Waals surface area contributed by atoms with Gasteiger partial charge in [-0.3, -0.25) is 10.1 Å². The molecule has 21 heavy (non-hydrogen) atoms. The molecule has 2 heterocycles. The summed E-state index contributed by atoms with van der Waals surface area (Å²) in [7, 11) is 0. The molecule has 1 aromatic rings. The van der Waals surface area contributed by atoms with Crippen molar-refractivity contribution in [2.45, 2.75) is 30.7 Å². The zero-order chi connectivity index (χ0) is 15.0. The molecule has 1 amide bonds. The zero-order valence-corrected chi connectivity index (χ0v) is 12.2. The maximum Gasteiger partial charge on any atom is 0.262 e. The molecule has 0 radical (unpaired) electrons. The van der Waals surface area contributed by atoms with Crippen molar-refractivity contribution in [3.05, 3.63) is 34.9 Å². The second-order valence-corrected chi connectivity index (χ2v) is 6.25. The minimum Gasteiger partial charge on any atom is -0.341 e. The lowest BCUT2D eigenvalue weighted by atomic mass is 9.99. The van der Waals surface area contributed by atoms with Gasteiger partial charge < -0.3 is 4.90 Å². The molecular weight excluding hydrogens is 298 g/mol.